The Hall–Kier alpha value is -0.450. The molecule has 4 heteroatoms. The Kier molecular flexibility index (Phi) is 5.21. The fourth-order valence-corrected chi connectivity index (χ4v) is 4.27. The van der Waals surface area contributed by atoms with Crippen molar-refractivity contribution in [2.75, 3.05) is 21.1 Å². The molecule has 1 N–H and O–H groups in total. The molecule has 1 heterocycles. The molecule has 20 heavy (non-hydrogen) atoms. The van der Waals surface area contributed by atoms with Crippen LogP contribution in [0.3, 0.4) is 0 Å². The van der Waals surface area contributed by atoms with Crippen molar-refractivity contribution in [1.29, 1.82) is 0 Å². The number of hydrogen-bond acceptors (Lipinski definition) is 4. The smallest absolute Gasteiger partial charge is 0.0897 e. The first-order chi connectivity index (χ1) is 9.48. The van der Waals surface area contributed by atoms with E-state index in [-0.39, 0.29) is 5.54 Å². The molecule has 0 spiro atoms. The third-order valence-corrected chi connectivity index (χ3v) is 5.93. The van der Waals surface area contributed by atoms with Crippen LogP contribution in [0.4, 0.5) is 0 Å². The van der Waals surface area contributed by atoms with E-state index in [2.05, 4.69) is 55.6 Å². The predicted molar refractivity (Wildman–Crippen MR) is 87.5 cm³/mol. The van der Waals surface area contributed by atoms with E-state index in [4.69, 9.17) is 0 Å². The van der Waals surface area contributed by atoms with Gasteiger partial charge in [-0.2, -0.15) is 0 Å². The second-order valence-corrected chi connectivity index (χ2v) is 7.65. The lowest BCUT2D eigenvalue weighted by Crippen LogP contribution is -2.60. The fourth-order valence-electron chi connectivity index (χ4n) is 3.64. The van der Waals surface area contributed by atoms with Crippen molar-refractivity contribution in [2.24, 2.45) is 5.92 Å². The molecule has 0 amide bonds. The van der Waals surface area contributed by atoms with E-state index in [0.717, 1.165) is 12.3 Å². The van der Waals surface area contributed by atoms with Gasteiger partial charge in [0.25, 0.3) is 0 Å². The highest BCUT2D eigenvalue weighted by molar-refractivity contribution is 7.09. The van der Waals surface area contributed by atoms with Gasteiger partial charge in [-0.05, 0) is 59.7 Å². The van der Waals surface area contributed by atoms with Gasteiger partial charge in [0.1, 0.15) is 0 Å². The number of nitrogens with one attached hydrogen (secondary N) is 1. The standard InChI is InChI=1S/C16H29N3S/c1-12-6-8-16(9-7-12,19(4)5)15(17-3)10-14-11-20-13(2)18-14/h11-12,15,17H,6-10H2,1-5H3. The van der Waals surface area contributed by atoms with Gasteiger partial charge in [-0.25, -0.2) is 4.98 Å². The maximum Gasteiger partial charge on any atom is 0.0897 e. The van der Waals surface area contributed by atoms with Crippen LogP contribution < -0.4 is 5.32 Å². The first-order valence-electron chi connectivity index (χ1n) is 7.73. The minimum Gasteiger partial charge on any atom is -0.315 e. The van der Waals surface area contributed by atoms with Gasteiger partial charge in [0.05, 0.1) is 10.7 Å². The van der Waals surface area contributed by atoms with Gasteiger partial charge < -0.3 is 10.2 Å². The Morgan fingerprint density at radius 2 is 2.10 bits per heavy atom. The zero-order valence-electron chi connectivity index (χ0n) is 13.6. The molecule has 1 aliphatic carbocycles. The van der Waals surface area contributed by atoms with Crippen molar-refractivity contribution in [3.63, 3.8) is 0 Å². The second-order valence-electron chi connectivity index (χ2n) is 6.58. The van der Waals surface area contributed by atoms with Gasteiger partial charge in [0.15, 0.2) is 0 Å². The third-order valence-electron chi connectivity index (χ3n) is 5.11. The molecule has 1 fully saturated rings. The van der Waals surface area contributed by atoms with E-state index in [1.807, 2.05) is 0 Å². The van der Waals surface area contributed by atoms with Crippen LogP contribution in [0.5, 0.6) is 0 Å². The number of rotatable bonds is 5. The molecule has 0 aromatic carbocycles. The van der Waals surface area contributed by atoms with E-state index >= 15 is 0 Å². The van der Waals surface area contributed by atoms with Gasteiger partial charge in [0.2, 0.25) is 0 Å². The highest BCUT2D eigenvalue weighted by Gasteiger charge is 2.42. The lowest BCUT2D eigenvalue weighted by Gasteiger charge is -2.49. The molecule has 0 saturated heterocycles. The molecular formula is C16H29N3S. The average Bonchev–Trinajstić information content (AvgIpc) is 2.82. The summed E-state index contributed by atoms with van der Waals surface area (Å²) in [6.07, 6.45) is 6.29. The Labute approximate surface area is 127 Å². The molecule has 1 aromatic heterocycles. The molecule has 0 aliphatic heterocycles. The van der Waals surface area contributed by atoms with Crippen LogP contribution in [0.25, 0.3) is 0 Å². The minimum atomic E-state index is 0.277. The molecular weight excluding hydrogens is 266 g/mol. The molecule has 1 saturated carbocycles. The zero-order valence-corrected chi connectivity index (χ0v) is 14.4. The highest BCUT2D eigenvalue weighted by atomic mass is 32.1. The van der Waals surface area contributed by atoms with Crippen molar-refractivity contribution in [2.45, 2.75) is 57.5 Å². The molecule has 3 nitrogen and oxygen atoms in total. The van der Waals surface area contributed by atoms with Gasteiger partial charge in [-0.3, -0.25) is 0 Å². The number of aromatic nitrogens is 1. The Balaban J connectivity index is 2.17. The first kappa shape index (κ1) is 15.9. The predicted octanol–water partition coefficient (Wildman–Crippen LogP) is 3.09. The van der Waals surface area contributed by atoms with E-state index in [9.17, 15) is 0 Å². The number of nitrogens with zero attached hydrogens (tertiary/aromatic N) is 2. The summed E-state index contributed by atoms with van der Waals surface area (Å²) in [4.78, 5) is 7.12. The van der Waals surface area contributed by atoms with Crippen LogP contribution in [-0.2, 0) is 6.42 Å². The Morgan fingerprint density at radius 3 is 2.55 bits per heavy atom. The van der Waals surface area contributed by atoms with Crippen molar-refractivity contribution in [3.8, 4) is 0 Å². The van der Waals surface area contributed by atoms with Crippen molar-refractivity contribution >= 4 is 11.3 Å². The SMILES string of the molecule is CNC(Cc1csc(C)n1)C1(N(C)C)CCC(C)CC1. The Morgan fingerprint density at radius 1 is 1.45 bits per heavy atom. The monoisotopic (exact) mass is 295 g/mol. The molecule has 114 valence electrons. The second kappa shape index (κ2) is 6.54. The maximum absolute atomic E-state index is 4.66. The number of thiazole rings is 1. The van der Waals surface area contributed by atoms with Gasteiger partial charge >= 0.3 is 0 Å². The van der Waals surface area contributed by atoms with Gasteiger partial charge in [0, 0.05) is 23.4 Å². The van der Waals surface area contributed by atoms with Crippen LogP contribution in [-0.4, -0.2) is 42.6 Å². The summed E-state index contributed by atoms with van der Waals surface area (Å²) in [6, 6.07) is 0.478. The number of likely N-dealkylation sites (N-methyl/N-ethyl adjacent to an activating group) is 2. The largest absolute Gasteiger partial charge is 0.315 e. The van der Waals surface area contributed by atoms with E-state index in [1.165, 1.54) is 36.4 Å². The third kappa shape index (κ3) is 3.23. The summed E-state index contributed by atoms with van der Waals surface area (Å²) < 4.78 is 0. The average molecular weight is 295 g/mol. The molecule has 1 unspecified atom stereocenters. The quantitative estimate of drug-likeness (QED) is 0.905. The minimum absolute atomic E-state index is 0.277. The lowest BCUT2D eigenvalue weighted by molar-refractivity contribution is 0.0458. The van der Waals surface area contributed by atoms with Gasteiger partial charge in [-0.1, -0.05) is 6.92 Å². The van der Waals surface area contributed by atoms with Crippen molar-refractivity contribution < 1.29 is 0 Å². The first-order valence-corrected chi connectivity index (χ1v) is 8.61. The normalized spacial score (nSPS) is 28.8. The number of hydrogen-bond donors (Lipinski definition) is 1. The summed E-state index contributed by atoms with van der Waals surface area (Å²) in [5, 5.41) is 6.98. The molecule has 1 atom stereocenters. The van der Waals surface area contributed by atoms with Crippen LogP contribution >= 0.6 is 11.3 Å². The van der Waals surface area contributed by atoms with E-state index in [0.29, 0.717) is 6.04 Å². The summed E-state index contributed by atoms with van der Waals surface area (Å²) in [7, 11) is 6.59. The topological polar surface area (TPSA) is 28.2 Å². The molecule has 2 rings (SSSR count). The van der Waals surface area contributed by atoms with Crippen molar-refractivity contribution in [1.82, 2.24) is 15.2 Å². The summed E-state index contributed by atoms with van der Waals surface area (Å²) in [5.41, 5.74) is 1.52. The zero-order chi connectivity index (χ0) is 14.8. The van der Waals surface area contributed by atoms with E-state index < -0.39 is 0 Å². The molecule has 1 aromatic rings. The van der Waals surface area contributed by atoms with Crippen LogP contribution in [0, 0.1) is 12.8 Å². The van der Waals surface area contributed by atoms with Crippen LogP contribution in [0.2, 0.25) is 0 Å². The fraction of sp³-hybridized carbons (Fsp3) is 0.812. The van der Waals surface area contributed by atoms with Gasteiger partial charge in [-0.15, -0.1) is 11.3 Å². The maximum atomic E-state index is 4.66. The van der Waals surface area contributed by atoms with E-state index in [1.54, 1.807) is 11.3 Å². The summed E-state index contributed by atoms with van der Waals surface area (Å²) >= 11 is 1.76. The molecule has 0 radical (unpaired) electrons. The van der Waals surface area contributed by atoms with Crippen LogP contribution in [0.15, 0.2) is 5.38 Å². The Bertz CT molecular complexity index is 419. The van der Waals surface area contributed by atoms with Crippen molar-refractivity contribution in [3.05, 3.63) is 16.1 Å². The number of aryl methyl sites for hydroxylation is 1. The molecule has 1 aliphatic rings. The molecule has 0 bridgehead atoms. The van der Waals surface area contributed by atoms with Crippen LogP contribution in [0.1, 0.15) is 43.3 Å². The summed E-state index contributed by atoms with van der Waals surface area (Å²) in [5.74, 6) is 0.877. The summed E-state index contributed by atoms with van der Waals surface area (Å²) in [6.45, 7) is 4.48. The highest BCUT2D eigenvalue weighted by Crippen LogP contribution is 2.38. The lowest BCUT2D eigenvalue weighted by atomic mass is 9.71.